The SMILES string of the molecule is Cc1nnc(C2CCC(Oc3ccccn3)CC2)n1-c1ccc(F)c(C(=O)OCc2ccccc2)c1. The van der Waals surface area contributed by atoms with E-state index in [0.717, 1.165) is 37.1 Å². The van der Waals surface area contributed by atoms with Crippen molar-refractivity contribution < 1.29 is 18.7 Å². The molecule has 1 fully saturated rings. The summed E-state index contributed by atoms with van der Waals surface area (Å²) >= 11 is 0. The molecule has 2 heterocycles. The first-order chi connectivity index (χ1) is 17.6. The molecule has 1 aliphatic carbocycles. The lowest BCUT2D eigenvalue weighted by molar-refractivity contribution is 0.0467. The van der Waals surface area contributed by atoms with Crippen molar-refractivity contribution in [2.24, 2.45) is 0 Å². The number of hydrogen-bond donors (Lipinski definition) is 0. The molecule has 2 aromatic heterocycles. The van der Waals surface area contributed by atoms with Crippen LogP contribution >= 0.6 is 0 Å². The lowest BCUT2D eigenvalue weighted by Gasteiger charge is -2.28. The second-order valence-corrected chi connectivity index (χ2v) is 8.93. The largest absolute Gasteiger partial charge is 0.474 e. The maximum absolute atomic E-state index is 14.6. The Labute approximate surface area is 208 Å². The number of halogens is 1. The summed E-state index contributed by atoms with van der Waals surface area (Å²) in [5, 5.41) is 8.74. The minimum Gasteiger partial charge on any atom is -0.474 e. The van der Waals surface area contributed by atoms with Crippen LogP contribution in [0.2, 0.25) is 0 Å². The van der Waals surface area contributed by atoms with Crippen LogP contribution in [0.3, 0.4) is 0 Å². The number of aromatic nitrogens is 4. The van der Waals surface area contributed by atoms with Crippen LogP contribution in [0.1, 0.15) is 59.2 Å². The molecule has 0 atom stereocenters. The summed E-state index contributed by atoms with van der Waals surface area (Å²) in [6, 6.07) is 19.4. The van der Waals surface area contributed by atoms with Crippen molar-refractivity contribution in [2.75, 3.05) is 0 Å². The number of benzene rings is 2. The summed E-state index contributed by atoms with van der Waals surface area (Å²) in [5.41, 5.74) is 1.35. The van der Waals surface area contributed by atoms with Crippen LogP contribution in [0.25, 0.3) is 5.69 Å². The molecule has 0 N–H and O–H groups in total. The number of aryl methyl sites for hydroxylation is 1. The zero-order chi connectivity index (χ0) is 24.9. The van der Waals surface area contributed by atoms with Crippen LogP contribution < -0.4 is 4.74 Å². The summed E-state index contributed by atoms with van der Waals surface area (Å²) < 4.78 is 27.9. The Kier molecular flexibility index (Phi) is 7.02. The Morgan fingerprint density at radius 3 is 2.53 bits per heavy atom. The van der Waals surface area contributed by atoms with Gasteiger partial charge in [-0.1, -0.05) is 36.4 Å². The second kappa shape index (κ2) is 10.7. The summed E-state index contributed by atoms with van der Waals surface area (Å²) in [4.78, 5) is 16.9. The number of nitrogens with zero attached hydrogens (tertiary/aromatic N) is 4. The maximum atomic E-state index is 14.6. The van der Waals surface area contributed by atoms with Gasteiger partial charge in [-0.3, -0.25) is 4.57 Å². The summed E-state index contributed by atoms with van der Waals surface area (Å²) in [7, 11) is 0. The molecule has 0 bridgehead atoms. The molecule has 5 rings (SSSR count). The maximum Gasteiger partial charge on any atom is 0.341 e. The third-order valence-corrected chi connectivity index (χ3v) is 6.46. The van der Waals surface area contributed by atoms with Crippen LogP contribution in [-0.2, 0) is 11.3 Å². The van der Waals surface area contributed by atoms with Gasteiger partial charge in [-0.2, -0.15) is 0 Å². The van der Waals surface area contributed by atoms with Gasteiger partial charge in [0.15, 0.2) is 0 Å². The van der Waals surface area contributed by atoms with Gasteiger partial charge in [0, 0.05) is 23.9 Å². The Morgan fingerprint density at radius 2 is 1.78 bits per heavy atom. The van der Waals surface area contributed by atoms with Crippen LogP contribution in [0.5, 0.6) is 5.88 Å². The van der Waals surface area contributed by atoms with Crippen molar-refractivity contribution >= 4 is 5.97 Å². The van der Waals surface area contributed by atoms with E-state index in [0.29, 0.717) is 17.4 Å². The van der Waals surface area contributed by atoms with Gasteiger partial charge in [0.05, 0.1) is 5.56 Å². The zero-order valence-corrected chi connectivity index (χ0v) is 20.0. The summed E-state index contributed by atoms with van der Waals surface area (Å²) in [6.45, 7) is 1.92. The van der Waals surface area contributed by atoms with Crippen LogP contribution in [0.4, 0.5) is 4.39 Å². The van der Waals surface area contributed by atoms with E-state index in [4.69, 9.17) is 9.47 Å². The first kappa shape index (κ1) is 23.7. The second-order valence-electron chi connectivity index (χ2n) is 8.93. The lowest BCUT2D eigenvalue weighted by Crippen LogP contribution is -2.25. The van der Waals surface area contributed by atoms with Gasteiger partial charge in [-0.15, -0.1) is 10.2 Å². The van der Waals surface area contributed by atoms with Crippen molar-refractivity contribution in [3.63, 3.8) is 0 Å². The van der Waals surface area contributed by atoms with E-state index in [2.05, 4.69) is 15.2 Å². The van der Waals surface area contributed by atoms with Crippen molar-refractivity contribution in [1.82, 2.24) is 19.7 Å². The highest BCUT2D eigenvalue weighted by Gasteiger charge is 2.29. The summed E-state index contributed by atoms with van der Waals surface area (Å²) in [6.07, 6.45) is 5.32. The van der Waals surface area contributed by atoms with Gasteiger partial charge in [-0.05, 0) is 62.4 Å². The quantitative estimate of drug-likeness (QED) is 0.318. The number of ether oxygens (including phenoxy) is 2. The average Bonchev–Trinajstić information content (AvgIpc) is 3.30. The van der Waals surface area contributed by atoms with Crippen molar-refractivity contribution in [3.05, 3.63) is 102 Å². The molecule has 4 aromatic rings. The van der Waals surface area contributed by atoms with E-state index in [9.17, 15) is 9.18 Å². The monoisotopic (exact) mass is 486 g/mol. The number of pyridine rings is 1. The first-order valence-electron chi connectivity index (χ1n) is 12.1. The molecule has 0 radical (unpaired) electrons. The fraction of sp³-hybridized carbons (Fsp3) is 0.286. The molecule has 0 amide bonds. The van der Waals surface area contributed by atoms with E-state index < -0.39 is 11.8 Å². The minimum absolute atomic E-state index is 0.0735. The molecule has 184 valence electrons. The van der Waals surface area contributed by atoms with E-state index in [1.54, 1.807) is 12.3 Å². The number of carbonyl (C=O) groups is 1. The molecule has 2 aromatic carbocycles. The molecule has 0 unspecified atom stereocenters. The first-order valence-corrected chi connectivity index (χ1v) is 12.1. The fourth-order valence-corrected chi connectivity index (χ4v) is 4.60. The standard InChI is InChI=1S/C28H27FN4O3/c1-19-31-32-27(21-10-13-23(14-11-21)36-26-9-5-6-16-30-26)33(19)22-12-15-25(29)24(17-22)28(34)35-18-20-7-3-2-4-8-20/h2-9,12,15-17,21,23H,10-11,13-14,18H2,1H3. The van der Waals surface area contributed by atoms with Gasteiger partial charge < -0.3 is 9.47 Å². The van der Waals surface area contributed by atoms with Gasteiger partial charge in [0.1, 0.15) is 30.2 Å². The predicted octanol–water partition coefficient (Wildman–Crippen LogP) is 5.57. The van der Waals surface area contributed by atoms with Crippen molar-refractivity contribution in [1.29, 1.82) is 0 Å². The Morgan fingerprint density at radius 1 is 1.00 bits per heavy atom. The number of hydrogen-bond acceptors (Lipinski definition) is 6. The van der Waals surface area contributed by atoms with E-state index in [-0.39, 0.29) is 24.2 Å². The lowest BCUT2D eigenvalue weighted by atomic mass is 9.86. The third kappa shape index (κ3) is 5.27. The molecule has 36 heavy (non-hydrogen) atoms. The summed E-state index contributed by atoms with van der Waals surface area (Å²) in [5.74, 6) is 0.950. The van der Waals surface area contributed by atoms with Crippen LogP contribution in [0, 0.1) is 12.7 Å². The predicted molar refractivity (Wildman–Crippen MR) is 131 cm³/mol. The minimum atomic E-state index is -0.711. The highest BCUT2D eigenvalue weighted by molar-refractivity contribution is 5.90. The molecular weight excluding hydrogens is 459 g/mol. The van der Waals surface area contributed by atoms with Gasteiger partial charge >= 0.3 is 5.97 Å². The topological polar surface area (TPSA) is 79.1 Å². The average molecular weight is 487 g/mol. The Hall–Kier alpha value is -4.07. The van der Waals surface area contributed by atoms with E-state index in [1.807, 2.05) is 60.0 Å². The van der Waals surface area contributed by atoms with Crippen LogP contribution in [0.15, 0.2) is 72.9 Å². The smallest absolute Gasteiger partial charge is 0.341 e. The van der Waals surface area contributed by atoms with E-state index >= 15 is 0 Å². The van der Waals surface area contributed by atoms with Crippen molar-refractivity contribution in [2.45, 2.75) is 51.2 Å². The molecule has 7 nitrogen and oxygen atoms in total. The molecule has 0 aliphatic heterocycles. The Bertz CT molecular complexity index is 1320. The Balaban J connectivity index is 1.31. The number of rotatable bonds is 7. The molecule has 8 heteroatoms. The highest BCUT2D eigenvalue weighted by atomic mass is 19.1. The van der Waals surface area contributed by atoms with Gasteiger partial charge in [-0.25, -0.2) is 14.2 Å². The molecule has 1 aliphatic rings. The van der Waals surface area contributed by atoms with Gasteiger partial charge in [0.25, 0.3) is 0 Å². The van der Waals surface area contributed by atoms with Crippen molar-refractivity contribution in [3.8, 4) is 11.6 Å². The number of esters is 1. The molecule has 1 saturated carbocycles. The normalized spacial score (nSPS) is 17.5. The van der Waals surface area contributed by atoms with E-state index in [1.165, 1.54) is 12.1 Å². The van der Waals surface area contributed by atoms with Gasteiger partial charge in [0.2, 0.25) is 5.88 Å². The zero-order valence-electron chi connectivity index (χ0n) is 20.0. The fourth-order valence-electron chi connectivity index (χ4n) is 4.60. The molecular formula is C28H27FN4O3. The van der Waals surface area contributed by atoms with Crippen LogP contribution in [-0.4, -0.2) is 31.8 Å². The highest BCUT2D eigenvalue weighted by Crippen LogP contribution is 2.35. The third-order valence-electron chi connectivity index (χ3n) is 6.46. The molecule has 0 saturated heterocycles. The molecule has 0 spiro atoms. The number of carbonyl (C=O) groups excluding carboxylic acids is 1.